The molecule has 0 saturated heterocycles. The SMILES string of the molecule is O=C(O)c1c(C(=O)O)c(C(=O)O)c2c(=O)c3ccccc3sc2c1C(=O)O. The Morgan fingerprint density at radius 3 is 1.70 bits per heavy atom. The molecule has 0 spiro atoms. The normalized spacial score (nSPS) is 10.8. The Hall–Kier alpha value is -3.79. The molecule has 0 aliphatic rings. The van der Waals surface area contributed by atoms with E-state index in [0.29, 0.717) is 16.0 Å². The number of rotatable bonds is 4. The lowest BCUT2D eigenvalue weighted by atomic mass is 9.92. The summed E-state index contributed by atoms with van der Waals surface area (Å²) in [6.45, 7) is 0. The van der Waals surface area contributed by atoms with Gasteiger partial charge in [0.25, 0.3) is 0 Å². The molecule has 27 heavy (non-hydrogen) atoms. The minimum absolute atomic E-state index is 0.0632. The minimum atomic E-state index is -1.97. The van der Waals surface area contributed by atoms with Crippen LogP contribution >= 0.6 is 11.3 Å². The molecule has 0 bridgehead atoms. The first-order valence-electron chi connectivity index (χ1n) is 7.15. The predicted octanol–water partition coefficient (Wildman–Crippen LogP) is 2.21. The molecule has 0 amide bonds. The average Bonchev–Trinajstić information content (AvgIpc) is 2.59. The van der Waals surface area contributed by atoms with E-state index < -0.39 is 61.6 Å². The number of carbonyl (C=O) groups is 4. The molecule has 0 saturated carbocycles. The van der Waals surface area contributed by atoms with Crippen LogP contribution in [0.5, 0.6) is 0 Å². The number of benzene rings is 2. The molecule has 0 radical (unpaired) electrons. The number of fused-ring (bicyclic) bond motifs is 2. The zero-order chi connectivity index (χ0) is 20.0. The van der Waals surface area contributed by atoms with Crippen molar-refractivity contribution in [1.82, 2.24) is 0 Å². The molecule has 10 heteroatoms. The third-order valence-corrected chi connectivity index (χ3v) is 5.07. The molecule has 3 rings (SSSR count). The Balaban J connectivity index is 2.84. The maximum atomic E-state index is 12.9. The van der Waals surface area contributed by atoms with Crippen molar-refractivity contribution < 1.29 is 39.6 Å². The van der Waals surface area contributed by atoms with E-state index in [1.54, 1.807) is 6.07 Å². The van der Waals surface area contributed by atoms with Gasteiger partial charge in [0.2, 0.25) is 0 Å². The Kier molecular flexibility index (Phi) is 4.12. The average molecular weight is 388 g/mol. The second-order valence-corrected chi connectivity index (χ2v) is 6.40. The van der Waals surface area contributed by atoms with E-state index in [1.807, 2.05) is 0 Å². The third kappa shape index (κ3) is 2.59. The molecule has 0 unspecified atom stereocenters. The van der Waals surface area contributed by atoms with Crippen LogP contribution in [0, 0.1) is 0 Å². The van der Waals surface area contributed by atoms with Gasteiger partial charge in [-0.15, -0.1) is 11.3 Å². The maximum Gasteiger partial charge on any atom is 0.338 e. The highest BCUT2D eigenvalue weighted by Gasteiger charge is 2.35. The second kappa shape index (κ2) is 6.18. The first kappa shape index (κ1) is 18.0. The van der Waals surface area contributed by atoms with Gasteiger partial charge in [-0.05, 0) is 12.1 Å². The number of hydrogen-bond acceptors (Lipinski definition) is 6. The molecule has 1 heterocycles. The van der Waals surface area contributed by atoms with E-state index in [2.05, 4.69) is 0 Å². The van der Waals surface area contributed by atoms with Crippen LogP contribution in [0.4, 0.5) is 0 Å². The molecular formula is C17H8O9S. The third-order valence-electron chi connectivity index (χ3n) is 3.88. The van der Waals surface area contributed by atoms with Crippen molar-refractivity contribution >= 4 is 55.4 Å². The smallest absolute Gasteiger partial charge is 0.338 e. The molecule has 0 aliphatic carbocycles. The quantitative estimate of drug-likeness (QED) is 0.490. The number of carboxylic acids is 4. The van der Waals surface area contributed by atoms with Gasteiger partial charge in [-0.1, -0.05) is 12.1 Å². The lowest BCUT2D eigenvalue weighted by molar-refractivity contribution is 0.0622. The van der Waals surface area contributed by atoms with Gasteiger partial charge >= 0.3 is 23.9 Å². The zero-order valence-electron chi connectivity index (χ0n) is 13.0. The summed E-state index contributed by atoms with van der Waals surface area (Å²) < 4.78 is -0.112. The summed E-state index contributed by atoms with van der Waals surface area (Å²) in [7, 11) is 0. The van der Waals surface area contributed by atoms with Gasteiger partial charge in [0.05, 0.1) is 32.3 Å². The molecule has 1 aromatic heterocycles. The van der Waals surface area contributed by atoms with Gasteiger partial charge in [0, 0.05) is 10.1 Å². The molecule has 4 N–H and O–H groups in total. The largest absolute Gasteiger partial charge is 0.478 e. The van der Waals surface area contributed by atoms with Gasteiger partial charge in [0.1, 0.15) is 0 Å². The number of aromatic carboxylic acids is 4. The van der Waals surface area contributed by atoms with Gasteiger partial charge in [-0.25, -0.2) is 19.2 Å². The topological polar surface area (TPSA) is 166 Å². The van der Waals surface area contributed by atoms with Crippen molar-refractivity contribution in [3.05, 3.63) is 56.7 Å². The van der Waals surface area contributed by atoms with E-state index in [-0.39, 0.29) is 5.39 Å². The molecule has 3 aromatic rings. The standard InChI is InChI=1S/C17H8O9S/c18-12-5-3-1-2-4-6(5)27-13-10(12)8(15(21)22)7(14(19)20)9(16(23)24)11(13)17(25)26/h1-4H,(H,19,20)(H,21,22)(H,23,24)(H,25,26). The first-order valence-corrected chi connectivity index (χ1v) is 7.97. The molecule has 9 nitrogen and oxygen atoms in total. The van der Waals surface area contributed by atoms with E-state index in [0.717, 1.165) is 0 Å². The summed E-state index contributed by atoms with van der Waals surface area (Å²) in [5.41, 5.74) is -5.32. The summed E-state index contributed by atoms with van der Waals surface area (Å²) in [6, 6.07) is 5.93. The summed E-state index contributed by atoms with van der Waals surface area (Å²) in [4.78, 5) is 59.6. The molecule has 0 aliphatic heterocycles. The van der Waals surface area contributed by atoms with Crippen LogP contribution in [0.2, 0.25) is 0 Å². The van der Waals surface area contributed by atoms with Crippen molar-refractivity contribution in [2.45, 2.75) is 0 Å². The van der Waals surface area contributed by atoms with E-state index >= 15 is 0 Å². The lowest BCUT2D eigenvalue weighted by Gasteiger charge is -2.14. The highest BCUT2D eigenvalue weighted by Crippen LogP contribution is 2.35. The highest BCUT2D eigenvalue weighted by molar-refractivity contribution is 7.25. The first-order chi connectivity index (χ1) is 12.7. The Morgan fingerprint density at radius 1 is 0.704 bits per heavy atom. The van der Waals surface area contributed by atoms with Gasteiger partial charge in [0.15, 0.2) is 5.43 Å². The fourth-order valence-electron chi connectivity index (χ4n) is 2.88. The second-order valence-electron chi connectivity index (χ2n) is 5.35. The Morgan fingerprint density at radius 2 is 1.19 bits per heavy atom. The number of carboxylic acid groups (broad SMARTS) is 4. The highest BCUT2D eigenvalue weighted by atomic mass is 32.1. The van der Waals surface area contributed by atoms with Crippen LogP contribution in [0.25, 0.3) is 20.2 Å². The van der Waals surface area contributed by atoms with Gasteiger partial charge < -0.3 is 20.4 Å². The van der Waals surface area contributed by atoms with E-state index in [9.17, 15) is 44.4 Å². The van der Waals surface area contributed by atoms with Crippen LogP contribution in [-0.2, 0) is 0 Å². The van der Waals surface area contributed by atoms with Crippen molar-refractivity contribution in [3.8, 4) is 0 Å². The van der Waals surface area contributed by atoms with Crippen molar-refractivity contribution in [2.24, 2.45) is 0 Å². The molecule has 0 fully saturated rings. The predicted molar refractivity (Wildman–Crippen MR) is 93.4 cm³/mol. The fourth-order valence-corrected chi connectivity index (χ4v) is 4.10. The van der Waals surface area contributed by atoms with Crippen LogP contribution in [0.15, 0.2) is 29.1 Å². The van der Waals surface area contributed by atoms with Crippen LogP contribution in [0.3, 0.4) is 0 Å². The summed E-state index contributed by atoms with van der Waals surface area (Å²) >= 11 is 0.704. The Labute approximate surface area is 152 Å². The zero-order valence-corrected chi connectivity index (χ0v) is 13.9. The number of hydrogen-bond donors (Lipinski definition) is 4. The molecule has 0 atom stereocenters. The Bertz CT molecular complexity index is 1250. The maximum absolute atomic E-state index is 12.9. The van der Waals surface area contributed by atoms with E-state index in [4.69, 9.17) is 0 Å². The van der Waals surface area contributed by atoms with Crippen LogP contribution < -0.4 is 5.43 Å². The van der Waals surface area contributed by atoms with Crippen molar-refractivity contribution in [1.29, 1.82) is 0 Å². The molecule has 136 valence electrons. The van der Waals surface area contributed by atoms with Crippen LogP contribution in [-0.4, -0.2) is 44.3 Å². The minimum Gasteiger partial charge on any atom is -0.478 e. The van der Waals surface area contributed by atoms with Crippen molar-refractivity contribution in [2.75, 3.05) is 0 Å². The fraction of sp³-hybridized carbons (Fsp3) is 0. The monoisotopic (exact) mass is 388 g/mol. The van der Waals surface area contributed by atoms with E-state index in [1.165, 1.54) is 18.2 Å². The van der Waals surface area contributed by atoms with Gasteiger partial charge in [-0.3, -0.25) is 4.79 Å². The lowest BCUT2D eigenvalue weighted by Crippen LogP contribution is -2.22. The summed E-state index contributed by atoms with van der Waals surface area (Å²) in [5, 5.41) is 37.2. The van der Waals surface area contributed by atoms with Crippen molar-refractivity contribution in [3.63, 3.8) is 0 Å². The summed E-state index contributed by atoms with van der Waals surface area (Å²) in [5.74, 6) is -7.53. The molecular weight excluding hydrogens is 380 g/mol. The van der Waals surface area contributed by atoms with Gasteiger partial charge in [-0.2, -0.15) is 0 Å². The van der Waals surface area contributed by atoms with Crippen LogP contribution in [0.1, 0.15) is 41.4 Å². The summed E-state index contributed by atoms with van der Waals surface area (Å²) in [6.07, 6.45) is 0. The molecule has 2 aromatic carbocycles.